The highest BCUT2D eigenvalue weighted by atomic mass is 79.9. The van der Waals surface area contributed by atoms with Gasteiger partial charge in [0.1, 0.15) is 5.75 Å². The van der Waals surface area contributed by atoms with Crippen molar-refractivity contribution in [3.8, 4) is 17.0 Å². The number of para-hydroxylation sites is 1. The van der Waals surface area contributed by atoms with E-state index < -0.39 is 0 Å². The molecule has 1 amide bonds. The first-order valence-electron chi connectivity index (χ1n) is 9.62. The lowest BCUT2D eigenvalue weighted by Gasteiger charge is -2.13. The molecule has 0 fully saturated rings. The van der Waals surface area contributed by atoms with Gasteiger partial charge in [-0.3, -0.25) is 4.79 Å². The SMILES string of the molecule is COc1ccccc1CNC(=O)c1cc(-c2ccc(C)cc2)nc2ccc(Br)cc12. The fourth-order valence-electron chi connectivity index (χ4n) is 3.38. The Morgan fingerprint density at radius 3 is 2.57 bits per heavy atom. The summed E-state index contributed by atoms with van der Waals surface area (Å²) in [5.41, 5.74) is 5.21. The van der Waals surface area contributed by atoms with E-state index in [-0.39, 0.29) is 5.91 Å². The smallest absolute Gasteiger partial charge is 0.252 e. The summed E-state index contributed by atoms with van der Waals surface area (Å²) in [4.78, 5) is 18.0. The van der Waals surface area contributed by atoms with E-state index >= 15 is 0 Å². The number of nitrogens with one attached hydrogen (secondary N) is 1. The molecular formula is C25H21BrN2O2. The molecule has 0 bridgehead atoms. The molecule has 0 spiro atoms. The number of aryl methyl sites for hydroxylation is 1. The van der Waals surface area contributed by atoms with Gasteiger partial charge in [0, 0.05) is 27.5 Å². The van der Waals surface area contributed by atoms with E-state index in [4.69, 9.17) is 9.72 Å². The van der Waals surface area contributed by atoms with Gasteiger partial charge < -0.3 is 10.1 Å². The number of methoxy groups -OCH3 is 1. The Balaban J connectivity index is 1.73. The van der Waals surface area contributed by atoms with Gasteiger partial charge in [-0.05, 0) is 37.3 Å². The molecule has 1 heterocycles. The van der Waals surface area contributed by atoms with Crippen LogP contribution in [0.5, 0.6) is 5.75 Å². The Hall–Kier alpha value is -3.18. The molecule has 30 heavy (non-hydrogen) atoms. The third-order valence-electron chi connectivity index (χ3n) is 4.99. The van der Waals surface area contributed by atoms with Crippen LogP contribution in [-0.2, 0) is 6.54 Å². The number of carbonyl (C=O) groups excluding carboxylic acids is 1. The minimum atomic E-state index is -0.153. The van der Waals surface area contributed by atoms with Crippen molar-refractivity contribution < 1.29 is 9.53 Å². The van der Waals surface area contributed by atoms with Crippen LogP contribution in [0.2, 0.25) is 0 Å². The lowest BCUT2D eigenvalue weighted by atomic mass is 10.0. The average Bonchev–Trinajstić information content (AvgIpc) is 2.77. The summed E-state index contributed by atoms with van der Waals surface area (Å²) in [5, 5.41) is 3.83. The quantitative estimate of drug-likeness (QED) is 0.402. The Morgan fingerprint density at radius 1 is 1.03 bits per heavy atom. The van der Waals surface area contributed by atoms with Crippen molar-refractivity contribution in [3.63, 3.8) is 0 Å². The number of fused-ring (bicyclic) bond motifs is 1. The van der Waals surface area contributed by atoms with Crippen LogP contribution in [0.15, 0.2) is 77.3 Å². The highest BCUT2D eigenvalue weighted by molar-refractivity contribution is 9.10. The second kappa shape index (κ2) is 8.67. The van der Waals surface area contributed by atoms with Gasteiger partial charge in [-0.2, -0.15) is 0 Å². The van der Waals surface area contributed by atoms with Gasteiger partial charge in [-0.25, -0.2) is 4.98 Å². The maximum atomic E-state index is 13.2. The molecule has 1 N–H and O–H groups in total. The normalized spacial score (nSPS) is 10.8. The first kappa shape index (κ1) is 20.1. The van der Waals surface area contributed by atoms with Gasteiger partial charge in [0.05, 0.1) is 23.9 Å². The summed E-state index contributed by atoms with van der Waals surface area (Å²) < 4.78 is 6.29. The molecule has 0 aliphatic carbocycles. The highest BCUT2D eigenvalue weighted by Crippen LogP contribution is 2.28. The number of ether oxygens (including phenoxy) is 1. The molecule has 0 aliphatic rings. The number of hydrogen-bond donors (Lipinski definition) is 1. The first-order chi connectivity index (χ1) is 14.5. The largest absolute Gasteiger partial charge is 0.496 e. The summed E-state index contributed by atoms with van der Waals surface area (Å²) in [6.45, 7) is 2.42. The average molecular weight is 461 g/mol. The van der Waals surface area contributed by atoms with Crippen LogP contribution in [0.25, 0.3) is 22.2 Å². The van der Waals surface area contributed by atoms with Crippen molar-refractivity contribution >= 4 is 32.7 Å². The van der Waals surface area contributed by atoms with Crippen molar-refractivity contribution in [2.45, 2.75) is 13.5 Å². The minimum absolute atomic E-state index is 0.153. The van der Waals surface area contributed by atoms with Crippen molar-refractivity contribution in [2.75, 3.05) is 7.11 Å². The van der Waals surface area contributed by atoms with Gasteiger partial charge in [0.2, 0.25) is 0 Å². The zero-order valence-corrected chi connectivity index (χ0v) is 18.4. The van der Waals surface area contributed by atoms with Crippen LogP contribution < -0.4 is 10.1 Å². The van der Waals surface area contributed by atoms with E-state index in [0.717, 1.165) is 37.9 Å². The van der Waals surface area contributed by atoms with E-state index in [1.807, 2.05) is 79.7 Å². The van der Waals surface area contributed by atoms with Crippen molar-refractivity contribution in [2.24, 2.45) is 0 Å². The molecular weight excluding hydrogens is 440 g/mol. The van der Waals surface area contributed by atoms with Crippen molar-refractivity contribution in [3.05, 3.63) is 94.0 Å². The van der Waals surface area contributed by atoms with Crippen LogP contribution in [0.1, 0.15) is 21.5 Å². The summed E-state index contributed by atoms with van der Waals surface area (Å²) in [7, 11) is 1.63. The molecule has 4 rings (SSSR count). The van der Waals surface area contributed by atoms with Crippen LogP contribution in [-0.4, -0.2) is 18.0 Å². The number of rotatable bonds is 5. The maximum Gasteiger partial charge on any atom is 0.252 e. The molecule has 0 radical (unpaired) electrons. The Kier molecular flexibility index (Phi) is 5.81. The van der Waals surface area contributed by atoms with Crippen molar-refractivity contribution in [1.82, 2.24) is 10.3 Å². The molecule has 4 aromatic rings. The Morgan fingerprint density at radius 2 is 1.80 bits per heavy atom. The van der Waals surface area contributed by atoms with Crippen LogP contribution in [0.4, 0.5) is 0 Å². The number of halogens is 1. The molecule has 5 heteroatoms. The second-order valence-electron chi connectivity index (χ2n) is 7.08. The topological polar surface area (TPSA) is 51.2 Å². The zero-order chi connectivity index (χ0) is 21.1. The van der Waals surface area contributed by atoms with E-state index in [1.54, 1.807) is 7.11 Å². The second-order valence-corrected chi connectivity index (χ2v) is 7.99. The Labute approximate surface area is 184 Å². The molecule has 0 saturated heterocycles. The summed E-state index contributed by atoms with van der Waals surface area (Å²) >= 11 is 3.51. The molecule has 1 aromatic heterocycles. The standard InChI is InChI=1S/C25H21BrN2O2/c1-16-7-9-17(10-8-16)23-14-21(20-13-19(26)11-12-22(20)28-23)25(29)27-15-18-5-3-4-6-24(18)30-2/h3-14H,15H2,1-2H3,(H,27,29). The molecule has 0 unspecified atom stereocenters. The van der Waals surface area contributed by atoms with E-state index in [9.17, 15) is 4.79 Å². The molecule has 0 aliphatic heterocycles. The van der Waals surface area contributed by atoms with E-state index in [0.29, 0.717) is 12.1 Å². The van der Waals surface area contributed by atoms with Crippen molar-refractivity contribution in [1.29, 1.82) is 0 Å². The van der Waals surface area contributed by atoms with E-state index in [2.05, 4.69) is 21.2 Å². The lowest BCUT2D eigenvalue weighted by Crippen LogP contribution is -2.23. The molecule has 0 saturated carbocycles. The molecule has 3 aromatic carbocycles. The monoisotopic (exact) mass is 460 g/mol. The van der Waals surface area contributed by atoms with Gasteiger partial charge >= 0.3 is 0 Å². The number of pyridine rings is 1. The van der Waals surface area contributed by atoms with Crippen LogP contribution in [0, 0.1) is 6.92 Å². The zero-order valence-electron chi connectivity index (χ0n) is 16.8. The predicted octanol–water partition coefficient (Wildman–Crippen LogP) is 5.91. The van der Waals surface area contributed by atoms with Crippen LogP contribution >= 0.6 is 15.9 Å². The third kappa shape index (κ3) is 4.21. The highest BCUT2D eigenvalue weighted by Gasteiger charge is 2.15. The Bertz CT molecular complexity index is 1220. The number of benzene rings is 3. The first-order valence-corrected chi connectivity index (χ1v) is 10.4. The number of carbonyl (C=O) groups is 1. The van der Waals surface area contributed by atoms with Gasteiger partial charge in [0.25, 0.3) is 5.91 Å². The predicted molar refractivity (Wildman–Crippen MR) is 124 cm³/mol. The number of aromatic nitrogens is 1. The molecule has 0 atom stereocenters. The molecule has 4 nitrogen and oxygen atoms in total. The molecule has 150 valence electrons. The minimum Gasteiger partial charge on any atom is -0.496 e. The van der Waals surface area contributed by atoms with Gasteiger partial charge in [0.15, 0.2) is 0 Å². The summed E-state index contributed by atoms with van der Waals surface area (Å²) in [5.74, 6) is 0.597. The maximum absolute atomic E-state index is 13.2. The van der Waals surface area contributed by atoms with E-state index in [1.165, 1.54) is 5.56 Å². The summed E-state index contributed by atoms with van der Waals surface area (Å²) in [6, 6.07) is 23.5. The number of hydrogen-bond acceptors (Lipinski definition) is 3. The van der Waals surface area contributed by atoms with Crippen LogP contribution in [0.3, 0.4) is 0 Å². The number of amides is 1. The number of nitrogens with zero attached hydrogens (tertiary/aromatic N) is 1. The van der Waals surface area contributed by atoms with Gasteiger partial charge in [-0.15, -0.1) is 0 Å². The van der Waals surface area contributed by atoms with Gasteiger partial charge in [-0.1, -0.05) is 64.0 Å². The fourth-order valence-corrected chi connectivity index (χ4v) is 3.74. The lowest BCUT2D eigenvalue weighted by molar-refractivity contribution is 0.0952. The summed E-state index contributed by atoms with van der Waals surface area (Å²) in [6.07, 6.45) is 0. The third-order valence-corrected chi connectivity index (χ3v) is 5.49. The fraction of sp³-hybridized carbons (Fsp3) is 0.120.